The number of benzene rings is 1. The summed E-state index contributed by atoms with van der Waals surface area (Å²) in [4.78, 5) is 12.3. The Bertz CT molecular complexity index is 557. The van der Waals surface area contributed by atoms with Gasteiger partial charge in [-0.1, -0.05) is 36.2 Å². The average molecular weight is 410 g/mol. The van der Waals surface area contributed by atoms with Gasteiger partial charge in [-0.3, -0.25) is 4.79 Å². The smallest absolute Gasteiger partial charge is 0.223 e. The van der Waals surface area contributed by atoms with E-state index in [0.29, 0.717) is 29.4 Å². The van der Waals surface area contributed by atoms with Gasteiger partial charge >= 0.3 is 0 Å². The number of halogens is 3. The monoisotopic (exact) mass is 408 g/mol. The minimum absolute atomic E-state index is 0. The van der Waals surface area contributed by atoms with Gasteiger partial charge in [0, 0.05) is 35.2 Å². The second-order valence-corrected chi connectivity index (χ2v) is 7.20. The van der Waals surface area contributed by atoms with Crippen LogP contribution in [0.2, 0.25) is 10.0 Å². The summed E-state index contributed by atoms with van der Waals surface area (Å²) in [7, 11) is 0. The van der Waals surface area contributed by atoms with Gasteiger partial charge in [0.25, 0.3) is 0 Å². The van der Waals surface area contributed by atoms with Crippen molar-refractivity contribution in [2.24, 2.45) is 11.7 Å². The summed E-state index contributed by atoms with van der Waals surface area (Å²) in [5, 5.41) is 4.24. The normalized spacial score (nSPS) is 23.0. The van der Waals surface area contributed by atoms with Crippen molar-refractivity contribution in [1.82, 2.24) is 5.32 Å². The number of carbonyl (C=O) groups excluding carboxylic acids is 1. The van der Waals surface area contributed by atoms with Gasteiger partial charge in [-0.25, -0.2) is 0 Å². The van der Waals surface area contributed by atoms with Crippen LogP contribution in [0.15, 0.2) is 18.2 Å². The van der Waals surface area contributed by atoms with Crippen molar-refractivity contribution in [2.75, 3.05) is 13.2 Å². The molecule has 0 unspecified atom stereocenters. The molecule has 1 aromatic rings. The average Bonchev–Trinajstić information content (AvgIpc) is 2.55. The largest absolute Gasteiger partial charge is 0.377 e. The second kappa shape index (κ2) is 11.2. The SMILES string of the molecule is CCCO[C@@H]1CC[C@H](C(=O)NCCc2ccc(Cl)cc2Cl)C[C@H]1N.Cl. The van der Waals surface area contributed by atoms with Crippen LogP contribution in [0, 0.1) is 5.92 Å². The summed E-state index contributed by atoms with van der Waals surface area (Å²) >= 11 is 12.0. The van der Waals surface area contributed by atoms with E-state index >= 15 is 0 Å². The predicted molar refractivity (Wildman–Crippen MR) is 106 cm³/mol. The molecule has 142 valence electrons. The first kappa shape index (κ1) is 22.5. The molecule has 0 aliphatic heterocycles. The first-order valence-electron chi connectivity index (χ1n) is 8.60. The molecule has 1 aromatic carbocycles. The summed E-state index contributed by atoms with van der Waals surface area (Å²) in [5.74, 6) is 0.0478. The molecule has 1 fully saturated rings. The lowest BCUT2D eigenvalue weighted by molar-refractivity contribution is -0.127. The van der Waals surface area contributed by atoms with Crippen molar-refractivity contribution >= 4 is 41.5 Å². The van der Waals surface area contributed by atoms with Crippen molar-refractivity contribution in [1.29, 1.82) is 0 Å². The third kappa shape index (κ3) is 6.95. The molecule has 3 atom stereocenters. The minimum Gasteiger partial charge on any atom is -0.377 e. The zero-order valence-electron chi connectivity index (χ0n) is 14.5. The van der Waals surface area contributed by atoms with Crippen molar-refractivity contribution in [2.45, 2.75) is 51.2 Å². The maximum Gasteiger partial charge on any atom is 0.223 e. The molecule has 1 amide bonds. The zero-order chi connectivity index (χ0) is 17.5. The lowest BCUT2D eigenvalue weighted by Gasteiger charge is -2.33. The van der Waals surface area contributed by atoms with Crippen LogP contribution < -0.4 is 11.1 Å². The molecule has 0 bridgehead atoms. The number of amides is 1. The van der Waals surface area contributed by atoms with Crippen molar-refractivity contribution in [3.63, 3.8) is 0 Å². The van der Waals surface area contributed by atoms with Gasteiger partial charge in [0.2, 0.25) is 5.91 Å². The van der Waals surface area contributed by atoms with Gasteiger partial charge in [0.05, 0.1) is 6.10 Å². The highest BCUT2D eigenvalue weighted by Gasteiger charge is 2.32. The van der Waals surface area contributed by atoms with Crippen molar-refractivity contribution in [3.8, 4) is 0 Å². The molecule has 1 aliphatic rings. The molecule has 1 saturated carbocycles. The van der Waals surface area contributed by atoms with E-state index in [4.69, 9.17) is 33.7 Å². The molecular formula is C18H27Cl3N2O2. The van der Waals surface area contributed by atoms with E-state index in [-0.39, 0.29) is 36.4 Å². The van der Waals surface area contributed by atoms with Gasteiger partial charge in [-0.05, 0) is 49.8 Å². The molecule has 25 heavy (non-hydrogen) atoms. The van der Waals surface area contributed by atoms with Crippen molar-refractivity contribution < 1.29 is 9.53 Å². The standard InChI is InChI=1S/C18H26Cl2N2O2.ClH/c1-2-9-24-17-6-4-13(10-16(17)21)18(23)22-8-7-12-3-5-14(19)11-15(12)20;/h3,5,11,13,16-17H,2,4,6-10,21H2,1H3,(H,22,23);1H/t13-,16+,17+;/m0./s1. The number of hydrogen-bond acceptors (Lipinski definition) is 3. The van der Waals surface area contributed by atoms with Crippen LogP contribution in [-0.4, -0.2) is 31.2 Å². The van der Waals surface area contributed by atoms with Gasteiger partial charge in [0.1, 0.15) is 0 Å². The Labute approximate surface area is 166 Å². The Morgan fingerprint density at radius 3 is 2.76 bits per heavy atom. The van der Waals surface area contributed by atoms with Crippen LogP contribution in [0.3, 0.4) is 0 Å². The highest BCUT2D eigenvalue weighted by atomic mass is 35.5. The fourth-order valence-corrected chi connectivity index (χ4v) is 3.58. The molecule has 2 rings (SSSR count). The highest BCUT2D eigenvalue weighted by Crippen LogP contribution is 2.26. The summed E-state index contributed by atoms with van der Waals surface area (Å²) in [6, 6.07) is 5.35. The van der Waals surface area contributed by atoms with Crippen LogP contribution in [0.5, 0.6) is 0 Å². The molecule has 0 radical (unpaired) electrons. The number of nitrogens with one attached hydrogen (secondary N) is 1. The van der Waals surface area contributed by atoms with E-state index in [0.717, 1.165) is 31.4 Å². The molecule has 0 aromatic heterocycles. The minimum atomic E-state index is -0.0632. The number of nitrogens with two attached hydrogens (primary N) is 1. The highest BCUT2D eigenvalue weighted by molar-refractivity contribution is 6.35. The first-order valence-corrected chi connectivity index (χ1v) is 9.35. The van der Waals surface area contributed by atoms with Crippen LogP contribution in [-0.2, 0) is 16.0 Å². The van der Waals surface area contributed by atoms with Crippen LogP contribution in [0.25, 0.3) is 0 Å². The number of rotatable bonds is 7. The Balaban J connectivity index is 0.00000312. The third-order valence-corrected chi connectivity index (χ3v) is 5.04. The molecule has 0 saturated heterocycles. The topological polar surface area (TPSA) is 64.3 Å². The second-order valence-electron chi connectivity index (χ2n) is 6.36. The van der Waals surface area contributed by atoms with Gasteiger partial charge in [0.15, 0.2) is 0 Å². The summed E-state index contributed by atoms with van der Waals surface area (Å²) < 4.78 is 5.75. The Hall–Kier alpha value is -0.520. The van der Waals surface area contributed by atoms with Crippen LogP contribution >= 0.6 is 35.6 Å². The predicted octanol–water partition coefficient (Wildman–Crippen LogP) is 4.00. The van der Waals surface area contributed by atoms with E-state index in [1.165, 1.54) is 0 Å². The Morgan fingerprint density at radius 1 is 1.36 bits per heavy atom. The van der Waals surface area contributed by atoms with Gasteiger partial charge < -0.3 is 15.8 Å². The molecule has 3 N–H and O–H groups in total. The van der Waals surface area contributed by atoms with E-state index < -0.39 is 0 Å². The van der Waals surface area contributed by atoms with Gasteiger partial charge in [-0.2, -0.15) is 0 Å². The maximum absolute atomic E-state index is 12.3. The molecule has 4 nitrogen and oxygen atoms in total. The third-order valence-electron chi connectivity index (χ3n) is 4.45. The summed E-state index contributed by atoms with van der Waals surface area (Å²) in [6.07, 6.45) is 4.12. The molecule has 1 aliphatic carbocycles. The van der Waals surface area contributed by atoms with Crippen LogP contribution in [0.4, 0.5) is 0 Å². The van der Waals surface area contributed by atoms with E-state index in [9.17, 15) is 4.79 Å². The van der Waals surface area contributed by atoms with Crippen molar-refractivity contribution in [3.05, 3.63) is 33.8 Å². The molecule has 0 spiro atoms. The fourth-order valence-electron chi connectivity index (χ4n) is 3.08. The Morgan fingerprint density at radius 2 is 2.12 bits per heavy atom. The number of carbonyl (C=O) groups is 1. The summed E-state index contributed by atoms with van der Waals surface area (Å²) in [5.41, 5.74) is 7.15. The molecule has 7 heteroatoms. The molecule has 0 heterocycles. The van der Waals surface area contributed by atoms with E-state index in [1.807, 2.05) is 6.07 Å². The Kier molecular flexibility index (Phi) is 10.1. The maximum atomic E-state index is 12.3. The van der Waals surface area contributed by atoms with E-state index in [1.54, 1.807) is 12.1 Å². The van der Waals surface area contributed by atoms with E-state index in [2.05, 4.69) is 12.2 Å². The van der Waals surface area contributed by atoms with Crippen LogP contribution in [0.1, 0.15) is 38.2 Å². The number of ether oxygens (including phenoxy) is 1. The fraction of sp³-hybridized carbons (Fsp3) is 0.611. The lowest BCUT2D eigenvalue weighted by atomic mass is 9.83. The zero-order valence-corrected chi connectivity index (χ0v) is 16.8. The summed E-state index contributed by atoms with van der Waals surface area (Å²) in [6.45, 7) is 3.37. The molecular weight excluding hydrogens is 383 g/mol. The number of hydrogen-bond donors (Lipinski definition) is 2. The lowest BCUT2D eigenvalue weighted by Crippen LogP contribution is -2.46. The quantitative estimate of drug-likeness (QED) is 0.715. The first-order chi connectivity index (χ1) is 11.5. The van der Waals surface area contributed by atoms with Gasteiger partial charge in [-0.15, -0.1) is 12.4 Å².